The van der Waals surface area contributed by atoms with Crippen LogP contribution < -0.4 is 10.6 Å². The van der Waals surface area contributed by atoms with Gasteiger partial charge in [-0.25, -0.2) is 4.98 Å². The molecule has 96 valence electrons. The van der Waals surface area contributed by atoms with Crippen LogP contribution in [0.1, 0.15) is 12.0 Å². The van der Waals surface area contributed by atoms with E-state index in [4.69, 9.17) is 4.42 Å². The van der Waals surface area contributed by atoms with Crippen molar-refractivity contribution in [2.24, 2.45) is 5.92 Å². The first-order valence-corrected chi connectivity index (χ1v) is 6.65. The molecule has 2 N–H and O–H groups in total. The van der Waals surface area contributed by atoms with Crippen molar-refractivity contribution >= 4 is 11.1 Å². The summed E-state index contributed by atoms with van der Waals surface area (Å²) in [6.07, 6.45) is 3.84. The largest absolute Gasteiger partial charge is 0.443 e. The smallest absolute Gasteiger partial charge is 0.181 e. The second-order valence-corrected chi connectivity index (χ2v) is 4.97. The summed E-state index contributed by atoms with van der Waals surface area (Å²) in [5.41, 5.74) is 3.12. The maximum absolute atomic E-state index is 5.31. The summed E-state index contributed by atoms with van der Waals surface area (Å²) in [6, 6.07) is 6.24. The Balaban J connectivity index is 1.47. The van der Waals surface area contributed by atoms with Gasteiger partial charge in [0.05, 0.1) is 0 Å². The number of fused-ring (bicyclic) bond motifs is 1. The van der Waals surface area contributed by atoms with Crippen molar-refractivity contribution in [3.05, 3.63) is 30.2 Å². The highest BCUT2D eigenvalue weighted by molar-refractivity contribution is 5.72. The molecular weight excluding hydrogens is 226 g/mol. The summed E-state index contributed by atoms with van der Waals surface area (Å²) in [6.45, 7) is 4.49. The molecule has 18 heavy (non-hydrogen) atoms. The van der Waals surface area contributed by atoms with Gasteiger partial charge in [0, 0.05) is 0 Å². The standard InChI is InChI=1S/C14H19N3O/c1-2-13-14(18-10-17-13)7-11(1)3-5-15-8-12-4-6-16-9-12/h1-2,7,10,12,15-16H,3-6,8-9H2. The predicted octanol–water partition coefficient (Wildman–Crippen LogP) is 1.57. The van der Waals surface area contributed by atoms with Gasteiger partial charge in [-0.2, -0.15) is 0 Å². The number of rotatable bonds is 5. The van der Waals surface area contributed by atoms with Gasteiger partial charge in [-0.15, -0.1) is 0 Å². The van der Waals surface area contributed by atoms with Crippen LogP contribution in [0.3, 0.4) is 0 Å². The normalized spacial score (nSPS) is 19.7. The molecule has 1 atom stereocenters. The van der Waals surface area contributed by atoms with Crippen LogP contribution >= 0.6 is 0 Å². The Hall–Kier alpha value is -1.39. The van der Waals surface area contributed by atoms with Crippen LogP contribution in [0.5, 0.6) is 0 Å². The highest BCUT2D eigenvalue weighted by atomic mass is 16.3. The summed E-state index contributed by atoms with van der Waals surface area (Å²) in [5.74, 6) is 0.807. The Morgan fingerprint density at radius 2 is 2.44 bits per heavy atom. The zero-order valence-electron chi connectivity index (χ0n) is 10.5. The average molecular weight is 245 g/mol. The lowest BCUT2D eigenvalue weighted by atomic mass is 10.1. The number of hydrogen-bond donors (Lipinski definition) is 2. The van der Waals surface area contributed by atoms with Gasteiger partial charge in [0.1, 0.15) is 5.52 Å². The van der Waals surface area contributed by atoms with Crippen LogP contribution in [0, 0.1) is 5.92 Å². The molecule has 0 aliphatic carbocycles. The molecule has 1 unspecified atom stereocenters. The predicted molar refractivity (Wildman–Crippen MR) is 71.6 cm³/mol. The topological polar surface area (TPSA) is 50.1 Å². The van der Waals surface area contributed by atoms with E-state index in [0.717, 1.165) is 43.1 Å². The lowest BCUT2D eigenvalue weighted by Gasteiger charge is -2.09. The molecule has 4 nitrogen and oxygen atoms in total. The number of aromatic nitrogens is 1. The van der Waals surface area contributed by atoms with Crippen molar-refractivity contribution in [1.29, 1.82) is 0 Å². The zero-order chi connectivity index (χ0) is 12.2. The van der Waals surface area contributed by atoms with Gasteiger partial charge in [0.15, 0.2) is 12.0 Å². The van der Waals surface area contributed by atoms with E-state index < -0.39 is 0 Å². The third-order valence-corrected chi connectivity index (χ3v) is 3.58. The molecular formula is C14H19N3O. The molecule has 2 aromatic rings. The third kappa shape index (κ3) is 2.71. The molecule has 3 rings (SSSR count). The lowest BCUT2D eigenvalue weighted by molar-refractivity contribution is 0.515. The zero-order valence-corrected chi connectivity index (χ0v) is 10.5. The summed E-state index contributed by atoms with van der Waals surface area (Å²) in [4.78, 5) is 4.12. The minimum atomic E-state index is 0.807. The van der Waals surface area contributed by atoms with E-state index in [2.05, 4.69) is 27.8 Å². The van der Waals surface area contributed by atoms with Gasteiger partial charge >= 0.3 is 0 Å². The van der Waals surface area contributed by atoms with Crippen LogP contribution in [0.25, 0.3) is 11.1 Å². The molecule has 1 fully saturated rings. The Labute approximate surface area is 107 Å². The monoisotopic (exact) mass is 245 g/mol. The maximum Gasteiger partial charge on any atom is 0.181 e. The van der Waals surface area contributed by atoms with Gasteiger partial charge < -0.3 is 15.1 Å². The highest BCUT2D eigenvalue weighted by Gasteiger charge is 2.13. The highest BCUT2D eigenvalue weighted by Crippen LogP contribution is 2.14. The van der Waals surface area contributed by atoms with Crippen molar-refractivity contribution in [2.45, 2.75) is 12.8 Å². The first kappa shape index (κ1) is 11.7. The van der Waals surface area contributed by atoms with Crippen molar-refractivity contribution in [1.82, 2.24) is 15.6 Å². The second kappa shape index (κ2) is 5.50. The molecule has 1 aliphatic heterocycles. The first-order chi connectivity index (χ1) is 8.92. The van der Waals surface area contributed by atoms with Crippen LogP contribution in [-0.4, -0.2) is 31.2 Å². The second-order valence-electron chi connectivity index (χ2n) is 4.97. The SMILES string of the molecule is c1nc2ccc(CCNCC3CCNC3)cc2o1. The van der Waals surface area contributed by atoms with Crippen LogP contribution in [0.2, 0.25) is 0 Å². The number of nitrogens with zero attached hydrogens (tertiary/aromatic N) is 1. The van der Waals surface area contributed by atoms with Gasteiger partial charge in [-0.05, 0) is 62.6 Å². The third-order valence-electron chi connectivity index (χ3n) is 3.58. The number of oxazole rings is 1. The van der Waals surface area contributed by atoms with Crippen LogP contribution in [0.4, 0.5) is 0 Å². The molecule has 0 bridgehead atoms. The molecule has 1 aromatic carbocycles. The van der Waals surface area contributed by atoms with Crippen molar-refractivity contribution in [3.8, 4) is 0 Å². The number of nitrogens with one attached hydrogen (secondary N) is 2. The van der Waals surface area contributed by atoms with E-state index in [9.17, 15) is 0 Å². The van der Waals surface area contributed by atoms with Crippen LogP contribution in [0.15, 0.2) is 29.0 Å². The number of hydrogen-bond acceptors (Lipinski definition) is 4. The molecule has 2 heterocycles. The Morgan fingerprint density at radius 3 is 3.33 bits per heavy atom. The Morgan fingerprint density at radius 1 is 1.44 bits per heavy atom. The minimum Gasteiger partial charge on any atom is -0.443 e. The van der Waals surface area contributed by atoms with E-state index in [1.165, 1.54) is 24.9 Å². The molecule has 1 aliphatic rings. The van der Waals surface area contributed by atoms with E-state index >= 15 is 0 Å². The van der Waals surface area contributed by atoms with Crippen molar-refractivity contribution in [3.63, 3.8) is 0 Å². The van der Waals surface area contributed by atoms with Crippen molar-refractivity contribution < 1.29 is 4.42 Å². The first-order valence-electron chi connectivity index (χ1n) is 6.65. The fourth-order valence-electron chi connectivity index (χ4n) is 2.48. The number of benzene rings is 1. The summed E-state index contributed by atoms with van der Waals surface area (Å²) >= 11 is 0. The van der Waals surface area contributed by atoms with Gasteiger partial charge in [0.25, 0.3) is 0 Å². The average Bonchev–Trinajstić information content (AvgIpc) is 3.05. The molecule has 0 radical (unpaired) electrons. The minimum absolute atomic E-state index is 0.807. The van der Waals surface area contributed by atoms with E-state index in [-0.39, 0.29) is 0 Å². The Kier molecular flexibility index (Phi) is 3.57. The molecule has 4 heteroatoms. The maximum atomic E-state index is 5.31. The van der Waals surface area contributed by atoms with Gasteiger partial charge in [-0.3, -0.25) is 0 Å². The van der Waals surface area contributed by atoms with Gasteiger partial charge in [-0.1, -0.05) is 6.07 Å². The van der Waals surface area contributed by atoms with Gasteiger partial charge in [0.2, 0.25) is 0 Å². The summed E-state index contributed by atoms with van der Waals surface area (Å²) in [5, 5.41) is 6.92. The fourth-order valence-corrected chi connectivity index (χ4v) is 2.48. The van der Waals surface area contributed by atoms with Crippen molar-refractivity contribution in [2.75, 3.05) is 26.2 Å². The van der Waals surface area contributed by atoms with Crippen LogP contribution in [-0.2, 0) is 6.42 Å². The molecule has 0 saturated carbocycles. The van der Waals surface area contributed by atoms with E-state index in [0.29, 0.717) is 0 Å². The van der Waals surface area contributed by atoms with E-state index in [1.54, 1.807) is 0 Å². The quantitative estimate of drug-likeness (QED) is 0.785. The lowest BCUT2D eigenvalue weighted by Crippen LogP contribution is -2.26. The molecule has 0 amide bonds. The Bertz CT molecular complexity index is 502. The summed E-state index contributed by atoms with van der Waals surface area (Å²) in [7, 11) is 0. The molecule has 0 spiro atoms. The van der Waals surface area contributed by atoms with E-state index in [1.807, 2.05) is 6.07 Å². The fraction of sp³-hybridized carbons (Fsp3) is 0.500. The molecule has 1 aromatic heterocycles. The molecule has 1 saturated heterocycles. The summed E-state index contributed by atoms with van der Waals surface area (Å²) < 4.78 is 5.31.